The Morgan fingerprint density at radius 1 is 1.36 bits per heavy atom. The molecule has 2 rings (SSSR count). The average molecular weight is 189 g/mol. The van der Waals surface area contributed by atoms with Crippen molar-refractivity contribution in [1.29, 1.82) is 0 Å². The normalized spacial score (nSPS) is 10.7. The van der Waals surface area contributed by atoms with E-state index in [0.717, 1.165) is 16.6 Å². The lowest BCUT2D eigenvalue weighted by Crippen LogP contribution is -1.91. The number of rotatable bonds is 1. The van der Waals surface area contributed by atoms with Crippen molar-refractivity contribution in [3.05, 3.63) is 35.5 Å². The fourth-order valence-corrected chi connectivity index (χ4v) is 1.58. The Bertz CT molecular complexity index is 480. The van der Waals surface area contributed by atoms with Gasteiger partial charge in [0, 0.05) is 11.1 Å². The van der Waals surface area contributed by atoms with Crippen molar-refractivity contribution in [2.75, 3.05) is 0 Å². The van der Waals surface area contributed by atoms with E-state index in [-0.39, 0.29) is 12.4 Å². The second-order valence-electron chi connectivity index (χ2n) is 3.25. The van der Waals surface area contributed by atoms with Crippen LogP contribution in [-0.4, -0.2) is 15.2 Å². The van der Waals surface area contributed by atoms with Crippen molar-refractivity contribution >= 4 is 10.9 Å². The molecule has 1 aromatic carbocycles. The van der Waals surface area contributed by atoms with Gasteiger partial charge < -0.3 is 10.2 Å². The van der Waals surface area contributed by atoms with Crippen LogP contribution in [0.2, 0.25) is 0 Å². The minimum Gasteiger partial charge on any atom is -0.506 e. The third-order valence-corrected chi connectivity index (χ3v) is 2.20. The molecule has 72 valence electrons. The molecule has 0 aliphatic carbocycles. The van der Waals surface area contributed by atoms with Gasteiger partial charge in [0.1, 0.15) is 11.3 Å². The zero-order valence-corrected chi connectivity index (χ0v) is 7.86. The van der Waals surface area contributed by atoms with E-state index in [4.69, 9.17) is 5.11 Å². The van der Waals surface area contributed by atoms with Gasteiger partial charge in [-0.1, -0.05) is 12.1 Å². The molecular formula is C11H11NO2. The zero-order valence-electron chi connectivity index (χ0n) is 7.86. The molecule has 14 heavy (non-hydrogen) atoms. The van der Waals surface area contributed by atoms with Crippen molar-refractivity contribution in [3.8, 4) is 5.75 Å². The number of aromatic hydroxyl groups is 1. The SMILES string of the molecule is Cc1cc(CO)c2cccc(O)c2n1. The van der Waals surface area contributed by atoms with Crippen molar-refractivity contribution in [2.45, 2.75) is 13.5 Å². The Balaban J connectivity index is 2.87. The van der Waals surface area contributed by atoms with E-state index >= 15 is 0 Å². The number of fused-ring (bicyclic) bond motifs is 1. The molecular weight excluding hydrogens is 178 g/mol. The van der Waals surface area contributed by atoms with Gasteiger partial charge in [-0.2, -0.15) is 0 Å². The molecule has 0 aliphatic rings. The lowest BCUT2D eigenvalue weighted by Gasteiger charge is -2.06. The molecule has 0 saturated heterocycles. The van der Waals surface area contributed by atoms with Crippen LogP contribution in [0.1, 0.15) is 11.3 Å². The minimum absolute atomic E-state index is 0.0384. The highest BCUT2D eigenvalue weighted by Crippen LogP contribution is 2.25. The Morgan fingerprint density at radius 3 is 2.86 bits per heavy atom. The van der Waals surface area contributed by atoms with Crippen LogP contribution >= 0.6 is 0 Å². The Morgan fingerprint density at radius 2 is 2.14 bits per heavy atom. The maximum absolute atomic E-state index is 9.57. The van der Waals surface area contributed by atoms with Crippen LogP contribution in [0.4, 0.5) is 0 Å². The summed E-state index contributed by atoms with van der Waals surface area (Å²) in [5.74, 6) is 0.154. The molecule has 0 saturated carbocycles. The summed E-state index contributed by atoms with van der Waals surface area (Å²) < 4.78 is 0. The standard InChI is InChI=1S/C11H11NO2/c1-7-5-8(6-13)9-3-2-4-10(14)11(9)12-7/h2-5,13-14H,6H2,1H3. The molecule has 3 heteroatoms. The van der Waals surface area contributed by atoms with Gasteiger partial charge in [-0.25, -0.2) is 4.98 Å². The molecule has 1 heterocycles. The van der Waals surface area contributed by atoms with Crippen molar-refractivity contribution in [2.24, 2.45) is 0 Å². The minimum atomic E-state index is -0.0384. The summed E-state index contributed by atoms with van der Waals surface area (Å²) in [6, 6.07) is 7.00. The molecule has 0 aliphatic heterocycles. The number of aliphatic hydroxyl groups is 1. The molecule has 2 N–H and O–H groups in total. The van der Waals surface area contributed by atoms with Gasteiger partial charge >= 0.3 is 0 Å². The van der Waals surface area contributed by atoms with Crippen molar-refractivity contribution in [1.82, 2.24) is 4.98 Å². The number of aryl methyl sites for hydroxylation is 1. The average Bonchev–Trinajstić information content (AvgIpc) is 2.18. The maximum atomic E-state index is 9.57. The zero-order chi connectivity index (χ0) is 10.1. The fraction of sp³-hybridized carbons (Fsp3) is 0.182. The molecule has 0 radical (unpaired) electrons. The number of benzene rings is 1. The van der Waals surface area contributed by atoms with Gasteiger partial charge in [-0.3, -0.25) is 0 Å². The van der Waals surface area contributed by atoms with Gasteiger partial charge in [0.25, 0.3) is 0 Å². The smallest absolute Gasteiger partial charge is 0.141 e. The topological polar surface area (TPSA) is 53.4 Å². The van der Waals surface area contributed by atoms with Crippen molar-refractivity contribution < 1.29 is 10.2 Å². The van der Waals surface area contributed by atoms with Gasteiger partial charge in [-0.05, 0) is 24.6 Å². The second kappa shape index (κ2) is 3.27. The van der Waals surface area contributed by atoms with Crippen LogP contribution in [0.5, 0.6) is 5.75 Å². The summed E-state index contributed by atoms with van der Waals surface area (Å²) in [6.07, 6.45) is 0. The van der Waals surface area contributed by atoms with Crippen molar-refractivity contribution in [3.63, 3.8) is 0 Å². The highest BCUT2D eigenvalue weighted by atomic mass is 16.3. The first-order valence-corrected chi connectivity index (χ1v) is 4.41. The molecule has 3 nitrogen and oxygen atoms in total. The number of aromatic nitrogens is 1. The first-order valence-electron chi connectivity index (χ1n) is 4.41. The van der Waals surface area contributed by atoms with E-state index in [0.29, 0.717) is 5.52 Å². The molecule has 0 fully saturated rings. The summed E-state index contributed by atoms with van der Waals surface area (Å²) >= 11 is 0. The highest BCUT2D eigenvalue weighted by Gasteiger charge is 2.05. The number of phenols is 1. The molecule has 0 atom stereocenters. The molecule has 0 spiro atoms. The van der Waals surface area contributed by atoms with E-state index in [9.17, 15) is 5.11 Å². The number of aliphatic hydroxyl groups excluding tert-OH is 1. The third kappa shape index (κ3) is 1.32. The van der Waals surface area contributed by atoms with E-state index in [1.807, 2.05) is 19.1 Å². The van der Waals surface area contributed by atoms with Gasteiger partial charge in [0.05, 0.1) is 6.61 Å². The summed E-state index contributed by atoms with van der Waals surface area (Å²) in [4.78, 5) is 4.22. The van der Waals surface area contributed by atoms with Gasteiger partial charge in [-0.15, -0.1) is 0 Å². The second-order valence-corrected chi connectivity index (χ2v) is 3.25. The van der Waals surface area contributed by atoms with Crippen LogP contribution in [-0.2, 0) is 6.61 Å². The predicted molar refractivity (Wildman–Crippen MR) is 54.1 cm³/mol. The molecule has 1 aromatic heterocycles. The number of hydrogen-bond donors (Lipinski definition) is 2. The lowest BCUT2D eigenvalue weighted by atomic mass is 10.1. The summed E-state index contributed by atoms with van der Waals surface area (Å²) in [6.45, 7) is 1.80. The van der Waals surface area contributed by atoms with Crippen LogP contribution in [0, 0.1) is 6.92 Å². The lowest BCUT2D eigenvalue weighted by molar-refractivity contribution is 0.283. The number of para-hydroxylation sites is 1. The Kier molecular flexibility index (Phi) is 2.09. The van der Waals surface area contributed by atoms with E-state index in [1.54, 1.807) is 12.1 Å². The highest BCUT2D eigenvalue weighted by molar-refractivity contribution is 5.87. The predicted octanol–water partition coefficient (Wildman–Crippen LogP) is 1.74. The van der Waals surface area contributed by atoms with Crippen LogP contribution < -0.4 is 0 Å². The van der Waals surface area contributed by atoms with Crippen LogP contribution in [0.3, 0.4) is 0 Å². The van der Waals surface area contributed by atoms with Crippen LogP contribution in [0.25, 0.3) is 10.9 Å². The van der Waals surface area contributed by atoms with E-state index in [1.165, 1.54) is 0 Å². The first-order chi connectivity index (χ1) is 6.72. The summed E-state index contributed by atoms with van der Waals surface area (Å²) in [5.41, 5.74) is 2.14. The quantitative estimate of drug-likeness (QED) is 0.718. The molecule has 0 bridgehead atoms. The van der Waals surface area contributed by atoms with Gasteiger partial charge in [0.15, 0.2) is 0 Å². The first kappa shape index (κ1) is 8.97. The number of hydrogen-bond acceptors (Lipinski definition) is 3. The maximum Gasteiger partial charge on any atom is 0.141 e. The Hall–Kier alpha value is -1.61. The molecule has 2 aromatic rings. The summed E-state index contributed by atoms with van der Waals surface area (Å²) in [7, 11) is 0. The number of phenolic OH excluding ortho intramolecular Hbond substituents is 1. The Labute approximate surface area is 81.7 Å². The van der Waals surface area contributed by atoms with E-state index < -0.39 is 0 Å². The van der Waals surface area contributed by atoms with Gasteiger partial charge in [0.2, 0.25) is 0 Å². The van der Waals surface area contributed by atoms with Crippen LogP contribution in [0.15, 0.2) is 24.3 Å². The monoisotopic (exact) mass is 189 g/mol. The summed E-state index contributed by atoms with van der Waals surface area (Å²) in [5, 5.41) is 19.5. The number of pyridine rings is 1. The molecule has 0 unspecified atom stereocenters. The van der Waals surface area contributed by atoms with E-state index in [2.05, 4.69) is 4.98 Å². The largest absolute Gasteiger partial charge is 0.506 e. The third-order valence-electron chi connectivity index (χ3n) is 2.20. The molecule has 0 amide bonds. The number of nitrogens with zero attached hydrogens (tertiary/aromatic N) is 1. The fourth-order valence-electron chi connectivity index (χ4n) is 1.58.